The van der Waals surface area contributed by atoms with Crippen molar-refractivity contribution < 1.29 is 19.1 Å². The molecule has 1 aliphatic rings. The molecule has 3 rings (SSSR count). The minimum Gasteiger partial charge on any atom is -0.452 e. The highest BCUT2D eigenvalue weighted by Crippen LogP contribution is 2.29. The van der Waals surface area contributed by atoms with Gasteiger partial charge in [0.25, 0.3) is 5.91 Å². The molecule has 0 spiro atoms. The first-order chi connectivity index (χ1) is 13.5. The highest BCUT2D eigenvalue weighted by atomic mass is 16.5. The van der Waals surface area contributed by atoms with Crippen LogP contribution in [0.3, 0.4) is 0 Å². The van der Waals surface area contributed by atoms with E-state index in [1.54, 1.807) is 0 Å². The second-order valence-corrected chi connectivity index (χ2v) is 7.36. The molecular formula is C21H25N3O4. The fourth-order valence-electron chi connectivity index (χ4n) is 3.31. The Balaban J connectivity index is 1.71. The number of esters is 1. The molecule has 0 atom stereocenters. The van der Waals surface area contributed by atoms with Gasteiger partial charge in [0.2, 0.25) is 0 Å². The highest BCUT2D eigenvalue weighted by molar-refractivity contribution is 6.06. The summed E-state index contributed by atoms with van der Waals surface area (Å²) in [4.78, 5) is 41.1. The minimum atomic E-state index is -0.665. The summed E-state index contributed by atoms with van der Waals surface area (Å²) < 4.78 is 5.23. The van der Waals surface area contributed by atoms with Gasteiger partial charge < -0.3 is 10.1 Å². The zero-order chi connectivity index (χ0) is 20.1. The summed E-state index contributed by atoms with van der Waals surface area (Å²) in [6, 6.07) is 6.84. The number of fused-ring (bicyclic) bond motifs is 2. The number of carbonyl (C=O) groups is 3. The second kappa shape index (κ2) is 8.82. The Labute approximate surface area is 163 Å². The number of ether oxygens (including phenoxy) is 1. The van der Waals surface area contributed by atoms with E-state index in [0.717, 1.165) is 47.8 Å². The van der Waals surface area contributed by atoms with E-state index in [9.17, 15) is 14.4 Å². The van der Waals surface area contributed by atoms with Crippen LogP contribution in [0.2, 0.25) is 0 Å². The van der Waals surface area contributed by atoms with Crippen LogP contribution in [-0.4, -0.2) is 36.0 Å². The van der Waals surface area contributed by atoms with Crippen molar-refractivity contribution in [3.8, 4) is 0 Å². The fraction of sp³-hybridized carbons (Fsp3) is 0.429. The van der Waals surface area contributed by atoms with Crippen LogP contribution in [0.25, 0.3) is 10.9 Å². The van der Waals surface area contributed by atoms with Crippen molar-refractivity contribution in [2.24, 2.45) is 5.92 Å². The molecule has 1 aromatic heterocycles. The zero-order valence-corrected chi connectivity index (χ0v) is 16.2. The minimum absolute atomic E-state index is 0.268. The van der Waals surface area contributed by atoms with E-state index < -0.39 is 24.5 Å². The van der Waals surface area contributed by atoms with Crippen LogP contribution < -0.4 is 10.6 Å². The van der Waals surface area contributed by atoms with E-state index in [4.69, 9.17) is 4.74 Å². The van der Waals surface area contributed by atoms with Gasteiger partial charge >= 0.3 is 12.0 Å². The van der Waals surface area contributed by atoms with Gasteiger partial charge in [-0.15, -0.1) is 0 Å². The average Bonchev–Trinajstić information content (AvgIpc) is 2.68. The molecule has 7 nitrogen and oxygen atoms in total. The number of rotatable bonds is 5. The molecule has 148 valence electrons. The number of hydrogen-bond donors (Lipinski definition) is 2. The lowest BCUT2D eigenvalue weighted by Gasteiger charge is -2.19. The molecule has 0 saturated carbocycles. The lowest BCUT2D eigenvalue weighted by atomic mass is 9.90. The van der Waals surface area contributed by atoms with E-state index in [0.29, 0.717) is 12.1 Å². The molecule has 2 N–H and O–H groups in total. The molecule has 0 bridgehead atoms. The Morgan fingerprint density at radius 3 is 2.68 bits per heavy atom. The number of nitrogens with one attached hydrogen (secondary N) is 2. The molecule has 1 aromatic carbocycles. The Hall–Kier alpha value is -2.96. The number of imide groups is 1. The van der Waals surface area contributed by atoms with Crippen molar-refractivity contribution in [2.75, 3.05) is 13.2 Å². The molecule has 0 aliphatic heterocycles. The highest BCUT2D eigenvalue weighted by Gasteiger charge is 2.24. The van der Waals surface area contributed by atoms with Crippen LogP contribution in [0.1, 0.15) is 48.3 Å². The van der Waals surface area contributed by atoms with Gasteiger partial charge in [0.05, 0.1) is 11.1 Å². The average molecular weight is 383 g/mol. The third kappa shape index (κ3) is 4.65. The summed E-state index contributed by atoms with van der Waals surface area (Å²) in [5.41, 5.74) is 3.06. The van der Waals surface area contributed by atoms with E-state index in [2.05, 4.69) is 15.6 Å². The zero-order valence-electron chi connectivity index (χ0n) is 16.2. The van der Waals surface area contributed by atoms with Crippen LogP contribution in [0.15, 0.2) is 24.3 Å². The molecular weight excluding hydrogens is 358 g/mol. The molecule has 0 unspecified atom stereocenters. The van der Waals surface area contributed by atoms with Gasteiger partial charge in [0.1, 0.15) is 0 Å². The Kier molecular flexibility index (Phi) is 6.23. The number of benzene rings is 1. The SMILES string of the molecule is CC(C)CNC(=O)NC(=O)COC(=O)c1c2c(nc3ccccc13)CCCC2. The largest absolute Gasteiger partial charge is 0.452 e. The first kappa shape index (κ1) is 19.8. The molecule has 1 aliphatic carbocycles. The van der Waals surface area contributed by atoms with Gasteiger partial charge in [0.15, 0.2) is 6.61 Å². The first-order valence-electron chi connectivity index (χ1n) is 9.61. The maximum atomic E-state index is 12.8. The lowest BCUT2D eigenvalue weighted by Crippen LogP contribution is -2.42. The molecule has 0 fully saturated rings. The summed E-state index contributed by atoms with van der Waals surface area (Å²) in [5.74, 6) is -0.957. The number of aromatic nitrogens is 1. The van der Waals surface area contributed by atoms with Crippen molar-refractivity contribution in [2.45, 2.75) is 39.5 Å². The molecule has 2 aromatic rings. The molecule has 28 heavy (non-hydrogen) atoms. The number of pyridine rings is 1. The van der Waals surface area contributed by atoms with Crippen molar-refractivity contribution in [1.29, 1.82) is 0 Å². The van der Waals surface area contributed by atoms with Gasteiger partial charge in [0, 0.05) is 17.6 Å². The van der Waals surface area contributed by atoms with Gasteiger partial charge in [-0.2, -0.15) is 0 Å². The predicted molar refractivity (Wildman–Crippen MR) is 105 cm³/mol. The van der Waals surface area contributed by atoms with E-state index in [1.165, 1.54) is 0 Å². The smallest absolute Gasteiger partial charge is 0.339 e. The van der Waals surface area contributed by atoms with Crippen LogP contribution in [-0.2, 0) is 22.4 Å². The van der Waals surface area contributed by atoms with Gasteiger partial charge in [-0.1, -0.05) is 32.0 Å². The summed E-state index contributed by atoms with van der Waals surface area (Å²) in [6.45, 7) is 3.83. The summed E-state index contributed by atoms with van der Waals surface area (Å²) in [7, 11) is 0. The van der Waals surface area contributed by atoms with E-state index in [-0.39, 0.29) is 5.92 Å². The Morgan fingerprint density at radius 1 is 1.14 bits per heavy atom. The third-order valence-corrected chi connectivity index (χ3v) is 4.63. The molecule has 7 heteroatoms. The summed E-state index contributed by atoms with van der Waals surface area (Å²) in [6.07, 6.45) is 3.63. The van der Waals surface area contributed by atoms with Crippen molar-refractivity contribution in [3.05, 3.63) is 41.1 Å². The summed E-state index contributed by atoms with van der Waals surface area (Å²) in [5, 5.41) is 5.47. The number of para-hydroxylation sites is 1. The summed E-state index contributed by atoms with van der Waals surface area (Å²) >= 11 is 0. The van der Waals surface area contributed by atoms with Gasteiger partial charge in [-0.3, -0.25) is 15.1 Å². The van der Waals surface area contributed by atoms with E-state index in [1.807, 2.05) is 38.1 Å². The monoisotopic (exact) mass is 383 g/mol. The number of carbonyl (C=O) groups excluding carboxylic acids is 3. The number of aryl methyl sites for hydroxylation is 1. The van der Waals surface area contributed by atoms with Crippen LogP contribution in [0.5, 0.6) is 0 Å². The maximum Gasteiger partial charge on any atom is 0.339 e. The quantitative estimate of drug-likeness (QED) is 0.774. The number of amides is 3. The van der Waals surface area contributed by atoms with Crippen LogP contribution in [0.4, 0.5) is 4.79 Å². The standard InChI is InChI=1S/C21H25N3O4/c1-13(2)11-22-21(27)24-18(25)12-28-20(26)19-14-7-3-5-9-16(14)23-17-10-6-4-8-15(17)19/h3,5,7,9,13H,4,6,8,10-12H2,1-2H3,(H2,22,24,25,27). The molecule has 1 heterocycles. The number of urea groups is 1. The Bertz CT molecular complexity index is 908. The topological polar surface area (TPSA) is 97.4 Å². The van der Waals surface area contributed by atoms with Crippen LogP contribution >= 0.6 is 0 Å². The molecule has 3 amide bonds. The van der Waals surface area contributed by atoms with Crippen LogP contribution in [0, 0.1) is 5.92 Å². The van der Waals surface area contributed by atoms with Crippen molar-refractivity contribution in [3.63, 3.8) is 0 Å². The molecule has 0 saturated heterocycles. The lowest BCUT2D eigenvalue weighted by molar-refractivity contribution is -0.123. The second-order valence-electron chi connectivity index (χ2n) is 7.36. The maximum absolute atomic E-state index is 12.8. The van der Waals surface area contributed by atoms with Crippen molar-refractivity contribution in [1.82, 2.24) is 15.6 Å². The fourth-order valence-corrected chi connectivity index (χ4v) is 3.31. The van der Waals surface area contributed by atoms with E-state index >= 15 is 0 Å². The predicted octanol–water partition coefficient (Wildman–Crippen LogP) is 2.75. The Morgan fingerprint density at radius 2 is 1.89 bits per heavy atom. The normalized spacial score (nSPS) is 13.1. The van der Waals surface area contributed by atoms with Gasteiger partial charge in [-0.05, 0) is 43.2 Å². The van der Waals surface area contributed by atoms with Gasteiger partial charge in [-0.25, -0.2) is 9.59 Å². The number of hydrogen-bond acceptors (Lipinski definition) is 5. The van der Waals surface area contributed by atoms with Crippen molar-refractivity contribution >= 4 is 28.8 Å². The third-order valence-electron chi connectivity index (χ3n) is 4.63. The number of nitrogens with zero attached hydrogens (tertiary/aromatic N) is 1. The molecule has 0 radical (unpaired) electrons. The first-order valence-corrected chi connectivity index (χ1v) is 9.61.